The molecule has 1 aliphatic carbocycles. The number of nitrogens with zero attached hydrogens (tertiary/aromatic N) is 5. The number of anilines is 1. The van der Waals surface area contributed by atoms with E-state index in [9.17, 15) is 4.79 Å². The van der Waals surface area contributed by atoms with Gasteiger partial charge in [-0.1, -0.05) is 18.6 Å². The number of benzene rings is 1. The van der Waals surface area contributed by atoms with Crippen LogP contribution in [0.1, 0.15) is 36.1 Å². The van der Waals surface area contributed by atoms with Crippen LogP contribution in [0.25, 0.3) is 6.08 Å². The quantitative estimate of drug-likeness (QED) is 0.657. The van der Waals surface area contributed by atoms with Crippen molar-refractivity contribution in [2.75, 3.05) is 51.3 Å². The van der Waals surface area contributed by atoms with Gasteiger partial charge in [0.1, 0.15) is 5.75 Å². The molecule has 5 rings (SSSR count). The first kappa shape index (κ1) is 21.9. The van der Waals surface area contributed by atoms with Crippen LogP contribution in [0.2, 0.25) is 0 Å². The third-order valence-corrected chi connectivity index (χ3v) is 7.22. The van der Waals surface area contributed by atoms with E-state index in [1.54, 1.807) is 13.2 Å². The average molecular weight is 448 g/mol. The third kappa shape index (κ3) is 5.03. The summed E-state index contributed by atoms with van der Waals surface area (Å²) in [5, 5.41) is 0. The fourth-order valence-electron chi connectivity index (χ4n) is 4.89. The van der Waals surface area contributed by atoms with Crippen molar-refractivity contribution < 1.29 is 9.53 Å². The predicted octanol–water partition coefficient (Wildman–Crippen LogP) is 2.80. The molecule has 7 heteroatoms. The van der Waals surface area contributed by atoms with Crippen molar-refractivity contribution in [1.82, 2.24) is 19.8 Å². The van der Waals surface area contributed by atoms with Crippen molar-refractivity contribution in [3.05, 3.63) is 53.4 Å². The highest BCUT2D eigenvalue weighted by molar-refractivity contribution is 5.91. The van der Waals surface area contributed by atoms with Gasteiger partial charge < -0.3 is 14.5 Å². The number of carbonyl (C=O) groups is 1. The van der Waals surface area contributed by atoms with Gasteiger partial charge >= 0.3 is 0 Å². The molecule has 1 aromatic heterocycles. The van der Waals surface area contributed by atoms with Crippen molar-refractivity contribution in [3.63, 3.8) is 0 Å². The standard InChI is InChI=1S/C26H33N5O2/c1-33-23-7-2-4-20(18-23)8-9-25(32)30-12-10-21-19-27-26(28-24(21)11-13-30)31-16-14-29(15-17-31)22-5-3-6-22/h2,4,7-9,18-19,22H,3,5-6,10-17H2,1H3. The topological polar surface area (TPSA) is 61.8 Å². The fourth-order valence-corrected chi connectivity index (χ4v) is 4.89. The van der Waals surface area contributed by atoms with E-state index in [1.807, 2.05) is 41.4 Å². The van der Waals surface area contributed by atoms with E-state index in [4.69, 9.17) is 14.7 Å². The molecular formula is C26H33N5O2. The number of piperazine rings is 1. The van der Waals surface area contributed by atoms with Crippen molar-refractivity contribution in [2.24, 2.45) is 0 Å². The lowest BCUT2D eigenvalue weighted by molar-refractivity contribution is -0.125. The smallest absolute Gasteiger partial charge is 0.246 e. The predicted molar refractivity (Wildman–Crippen MR) is 129 cm³/mol. The van der Waals surface area contributed by atoms with Crippen LogP contribution < -0.4 is 9.64 Å². The van der Waals surface area contributed by atoms with Gasteiger partial charge in [0.25, 0.3) is 0 Å². The summed E-state index contributed by atoms with van der Waals surface area (Å²) < 4.78 is 5.26. The molecule has 0 unspecified atom stereocenters. The maximum Gasteiger partial charge on any atom is 0.246 e. The largest absolute Gasteiger partial charge is 0.497 e. The maximum absolute atomic E-state index is 12.8. The van der Waals surface area contributed by atoms with E-state index < -0.39 is 0 Å². The fraction of sp³-hybridized carbons (Fsp3) is 0.500. The molecule has 0 radical (unpaired) electrons. The molecule has 174 valence electrons. The van der Waals surface area contributed by atoms with Gasteiger partial charge in [0.05, 0.1) is 12.8 Å². The van der Waals surface area contributed by atoms with E-state index in [0.29, 0.717) is 13.1 Å². The van der Waals surface area contributed by atoms with Crippen LogP contribution in [-0.4, -0.2) is 78.1 Å². The molecule has 3 heterocycles. The van der Waals surface area contributed by atoms with Gasteiger partial charge in [0.15, 0.2) is 0 Å². The van der Waals surface area contributed by atoms with Crippen molar-refractivity contribution >= 4 is 17.9 Å². The van der Waals surface area contributed by atoms with E-state index in [0.717, 1.165) is 68.0 Å². The Balaban J connectivity index is 1.19. The van der Waals surface area contributed by atoms with Crippen LogP contribution in [0.4, 0.5) is 5.95 Å². The highest BCUT2D eigenvalue weighted by atomic mass is 16.5. The summed E-state index contributed by atoms with van der Waals surface area (Å²) in [6.07, 6.45) is 11.2. The summed E-state index contributed by atoms with van der Waals surface area (Å²) in [6.45, 7) is 5.57. The van der Waals surface area contributed by atoms with Crippen molar-refractivity contribution in [1.29, 1.82) is 0 Å². The molecule has 0 atom stereocenters. The molecule has 3 aliphatic rings. The Bertz CT molecular complexity index is 1010. The number of hydrogen-bond acceptors (Lipinski definition) is 6. The number of amides is 1. The number of aromatic nitrogens is 2. The first-order chi connectivity index (χ1) is 16.2. The maximum atomic E-state index is 12.8. The highest BCUT2D eigenvalue weighted by Crippen LogP contribution is 2.26. The Kier molecular flexibility index (Phi) is 6.58. The van der Waals surface area contributed by atoms with Gasteiger partial charge in [0, 0.05) is 64.0 Å². The minimum absolute atomic E-state index is 0.0333. The van der Waals surface area contributed by atoms with E-state index in [1.165, 1.54) is 24.8 Å². The summed E-state index contributed by atoms with van der Waals surface area (Å²) in [7, 11) is 1.65. The molecule has 7 nitrogen and oxygen atoms in total. The number of rotatable bonds is 5. The Hall–Kier alpha value is -2.93. The zero-order chi connectivity index (χ0) is 22.6. The van der Waals surface area contributed by atoms with E-state index in [2.05, 4.69) is 9.80 Å². The summed E-state index contributed by atoms with van der Waals surface area (Å²) in [5.41, 5.74) is 3.21. The molecular weight excluding hydrogens is 414 g/mol. The number of carbonyl (C=O) groups excluding carboxylic acids is 1. The Morgan fingerprint density at radius 1 is 1.09 bits per heavy atom. The minimum Gasteiger partial charge on any atom is -0.497 e. The third-order valence-electron chi connectivity index (χ3n) is 7.22. The molecule has 33 heavy (non-hydrogen) atoms. The van der Waals surface area contributed by atoms with Crippen molar-refractivity contribution in [3.8, 4) is 5.75 Å². The number of methoxy groups -OCH3 is 1. The summed E-state index contributed by atoms with van der Waals surface area (Å²) in [6, 6.07) is 8.52. The van der Waals surface area contributed by atoms with Gasteiger partial charge in [-0.2, -0.15) is 0 Å². The second kappa shape index (κ2) is 9.91. The lowest BCUT2D eigenvalue weighted by Gasteiger charge is -2.43. The first-order valence-electron chi connectivity index (χ1n) is 12.1. The molecule has 1 aromatic carbocycles. The Morgan fingerprint density at radius 3 is 2.67 bits per heavy atom. The van der Waals surface area contributed by atoms with Crippen LogP contribution in [0.15, 0.2) is 36.5 Å². The Labute approximate surface area is 196 Å². The SMILES string of the molecule is COc1cccc(C=CC(=O)N2CCc3cnc(N4CCN(C5CCC5)CC4)nc3CC2)c1. The zero-order valence-corrected chi connectivity index (χ0v) is 19.4. The monoisotopic (exact) mass is 447 g/mol. The summed E-state index contributed by atoms with van der Waals surface area (Å²) in [5.74, 6) is 1.67. The zero-order valence-electron chi connectivity index (χ0n) is 19.4. The molecule has 2 fully saturated rings. The summed E-state index contributed by atoms with van der Waals surface area (Å²) >= 11 is 0. The minimum atomic E-state index is 0.0333. The number of hydrogen-bond donors (Lipinski definition) is 0. The van der Waals surface area contributed by atoms with Crippen LogP contribution >= 0.6 is 0 Å². The normalized spacial score (nSPS) is 19.8. The molecule has 0 spiro atoms. The molecule has 1 saturated heterocycles. The van der Waals surface area contributed by atoms with Gasteiger partial charge in [-0.25, -0.2) is 9.97 Å². The van der Waals surface area contributed by atoms with Gasteiger partial charge in [-0.05, 0) is 48.6 Å². The van der Waals surface area contributed by atoms with Crippen LogP contribution in [0.5, 0.6) is 5.75 Å². The lowest BCUT2D eigenvalue weighted by Crippen LogP contribution is -2.52. The Morgan fingerprint density at radius 2 is 1.91 bits per heavy atom. The average Bonchev–Trinajstić information content (AvgIpc) is 3.04. The summed E-state index contributed by atoms with van der Waals surface area (Å²) in [4.78, 5) is 29.3. The molecule has 1 saturated carbocycles. The van der Waals surface area contributed by atoms with E-state index in [-0.39, 0.29) is 5.91 Å². The molecule has 0 N–H and O–H groups in total. The van der Waals surface area contributed by atoms with Crippen molar-refractivity contribution in [2.45, 2.75) is 38.1 Å². The lowest BCUT2D eigenvalue weighted by atomic mass is 9.91. The molecule has 1 amide bonds. The number of fused-ring (bicyclic) bond motifs is 1. The van der Waals surface area contributed by atoms with Crippen LogP contribution in [0, 0.1) is 0 Å². The second-order valence-corrected chi connectivity index (χ2v) is 9.18. The van der Waals surface area contributed by atoms with Gasteiger partial charge in [-0.15, -0.1) is 0 Å². The molecule has 0 bridgehead atoms. The van der Waals surface area contributed by atoms with Crippen LogP contribution in [0.3, 0.4) is 0 Å². The van der Waals surface area contributed by atoms with Gasteiger partial charge in [0.2, 0.25) is 11.9 Å². The number of ether oxygens (including phenoxy) is 1. The van der Waals surface area contributed by atoms with E-state index >= 15 is 0 Å². The highest BCUT2D eigenvalue weighted by Gasteiger charge is 2.29. The molecule has 2 aliphatic heterocycles. The second-order valence-electron chi connectivity index (χ2n) is 9.18. The van der Waals surface area contributed by atoms with Gasteiger partial charge in [-0.3, -0.25) is 9.69 Å². The first-order valence-corrected chi connectivity index (χ1v) is 12.1. The van der Waals surface area contributed by atoms with Crippen LogP contribution in [-0.2, 0) is 17.6 Å². The molecule has 2 aromatic rings.